The molecular weight excluding hydrogens is 300 g/mol. The van der Waals surface area contributed by atoms with E-state index in [1.165, 1.54) is 11.3 Å². The van der Waals surface area contributed by atoms with Gasteiger partial charge in [-0.2, -0.15) is 15.9 Å². The summed E-state index contributed by atoms with van der Waals surface area (Å²) in [7, 11) is 0. The number of nitrogens with one attached hydrogen (secondary N) is 1. The molecule has 0 radical (unpaired) electrons. The Hall–Kier alpha value is -2.48. The number of hydrogen-bond donors (Lipinski definition) is 1. The molecule has 1 atom stereocenters. The van der Waals surface area contributed by atoms with Gasteiger partial charge in [-0.25, -0.2) is 0 Å². The summed E-state index contributed by atoms with van der Waals surface area (Å²) < 4.78 is 1.66. The average molecular weight is 314 g/mol. The molecule has 1 aliphatic heterocycles. The molecule has 1 fully saturated rings. The molecule has 0 aromatic carbocycles. The second-order valence-corrected chi connectivity index (χ2v) is 6.02. The van der Waals surface area contributed by atoms with Gasteiger partial charge in [-0.05, 0) is 30.0 Å². The van der Waals surface area contributed by atoms with Crippen LogP contribution in [0.25, 0.3) is 5.65 Å². The molecule has 1 saturated heterocycles. The Morgan fingerprint density at radius 1 is 1.36 bits per heavy atom. The number of rotatable bonds is 3. The molecule has 0 bridgehead atoms. The van der Waals surface area contributed by atoms with Crippen molar-refractivity contribution in [2.45, 2.75) is 12.5 Å². The molecule has 0 unspecified atom stereocenters. The summed E-state index contributed by atoms with van der Waals surface area (Å²) in [5, 5.41) is 19.1. The molecule has 0 saturated carbocycles. The molecule has 1 aliphatic rings. The summed E-state index contributed by atoms with van der Waals surface area (Å²) >= 11 is 1.53. The fraction of sp³-hybridized carbons (Fsp3) is 0.286. The Morgan fingerprint density at radius 2 is 2.32 bits per heavy atom. The Kier molecular flexibility index (Phi) is 3.23. The predicted molar refractivity (Wildman–Crippen MR) is 83.2 cm³/mol. The van der Waals surface area contributed by atoms with Gasteiger partial charge in [0.05, 0.1) is 0 Å². The van der Waals surface area contributed by atoms with Gasteiger partial charge in [0.1, 0.15) is 12.1 Å². The summed E-state index contributed by atoms with van der Waals surface area (Å²) in [4.78, 5) is 14.3. The van der Waals surface area contributed by atoms with Gasteiger partial charge in [0.15, 0.2) is 5.65 Å². The van der Waals surface area contributed by atoms with E-state index < -0.39 is 0 Å². The second-order valence-electron chi connectivity index (χ2n) is 5.24. The van der Waals surface area contributed by atoms with E-state index in [2.05, 4.69) is 25.5 Å². The van der Waals surface area contributed by atoms with Crippen LogP contribution < -0.4 is 10.2 Å². The first-order valence-electron chi connectivity index (χ1n) is 7.05. The number of aromatic nitrogens is 4. The Morgan fingerprint density at radius 3 is 3.18 bits per heavy atom. The molecule has 0 aliphatic carbocycles. The average Bonchev–Trinajstić information content (AvgIpc) is 3.27. The molecule has 1 amide bonds. The van der Waals surface area contributed by atoms with Gasteiger partial charge in [0.2, 0.25) is 0 Å². The summed E-state index contributed by atoms with van der Waals surface area (Å²) in [6.45, 7) is 1.63. The largest absolute Gasteiger partial charge is 0.353 e. The molecule has 7 nitrogen and oxygen atoms in total. The molecule has 3 aromatic rings. The minimum atomic E-state index is -0.00433. The van der Waals surface area contributed by atoms with Crippen molar-refractivity contribution >= 4 is 28.7 Å². The minimum Gasteiger partial charge on any atom is -0.353 e. The first kappa shape index (κ1) is 13.2. The fourth-order valence-corrected chi connectivity index (χ4v) is 3.27. The maximum absolute atomic E-state index is 12.1. The van der Waals surface area contributed by atoms with Crippen LogP contribution in [-0.4, -0.2) is 44.8 Å². The highest BCUT2D eigenvalue weighted by Crippen LogP contribution is 2.18. The first-order valence-corrected chi connectivity index (χ1v) is 7.99. The van der Waals surface area contributed by atoms with Crippen LogP contribution in [0.5, 0.6) is 0 Å². The molecule has 4 heterocycles. The van der Waals surface area contributed by atoms with Gasteiger partial charge in [-0.1, -0.05) is 0 Å². The standard InChI is InChI=1S/C14H14N6OS/c21-14(10-4-6-22-8-10)16-11-3-5-19(7-11)13-2-1-12-17-15-9-20(12)18-13/h1-2,4,6,8-9,11H,3,5,7H2,(H,16,21)/t11-/m1/s1. The Labute approximate surface area is 130 Å². The molecule has 1 N–H and O–H groups in total. The molecule has 8 heteroatoms. The van der Waals surface area contributed by atoms with Crippen LogP contribution in [0.15, 0.2) is 35.3 Å². The maximum Gasteiger partial charge on any atom is 0.252 e. The van der Waals surface area contributed by atoms with Crippen LogP contribution >= 0.6 is 11.3 Å². The quantitative estimate of drug-likeness (QED) is 0.786. The van der Waals surface area contributed by atoms with Crippen molar-refractivity contribution < 1.29 is 4.79 Å². The van der Waals surface area contributed by atoms with Crippen LogP contribution in [0, 0.1) is 0 Å². The SMILES string of the molecule is O=C(N[C@@H]1CCN(c2ccc3nncn3n2)C1)c1ccsc1. The second kappa shape index (κ2) is 5.38. The van der Waals surface area contributed by atoms with Crippen molar-refractivity contribution in [3.8, 4) is 0 Å². The summed E-state index contributed by atoms with van der Waals surface area (Å²) in [6, 6.07) is 5.82. The highest BCUT2D eigenvalue weighted by molar-refractivity contribution is 7.08. The van der Waals surface area contributed by atoms with Crippen LogP contribution in [0.1, 0.15) is 16.8 Å². The van der Waals surface area contributed by atoms with Gasteiger partial charge in [0.25, 0.3) is 5.91 Å². The van der Waals surface area contributed by atoms with E-state index in [1.54, 1.807) is 10.8 Å². The van der Waals surface area contributed by atoms with Gasteiger partial charge >= 0.3 is 0 Å². The van der Waals surface area contributed by atoms with E-state index in [0.717, 1.165) is 36.5 Å². The van der Waals surface area contributed by atoms with Crippen LogP contribution in [-0.2, 0) is 0 Å². The summed E-state index contributed by atoms with van der Waals surface area (Å²) in [5.41, 5.74) is 1.46. The summed E-state index contributed by atoms with van der Waals surface area (Å²) in [6.07, 6.45) is 2.50. The lowest BCUT2D eigenvalue weighted by molar-refractivity contribution is 0.0941. The highest BCUT2D eigenvalue weighted by atomic mass is 32.1. The van der Waals surface area contributed by atoms with E-state index >= 15 is 0 Å². The number of anilines is 1. The molecule has 22 heavy (non-hydrogen) atoms. The van der Waals surface area contributed by atoms with Crippen molar-refractivity contribution in [3.63, 3.8) is 0 Å². The Bertz CT molecular complexity index is 799. The Balaban J connectivity index is 1.44. The van der Waals surface area contributed by atoms with Crippen LogP contribution in [0.2, 0.25) is 0 Å². The number of fused-ring (bicyclic) bond motifs is 1. The van der Waals surface area contributed by atoms with E-state index in [-0.39, 0.29) is 11.9 Å². The zero-order valence-corrected chi connectivity index (χ0v) is 12.5. The van der Waals surface area contributed by atoms with Crippen molar-refractivity contribution in [1.29, 1.82) is 0 Å². The van der Waals surface area contributed by atoms with Crippen LogP contribution in [0.3, 0.4) is 0 Å². The minimum absolute atomic E-state index is 0.00433. The monoisotopic (exact) mass is 314 g/mol. The molecule has 3 aromatic heterocycles. The van der Waals surface area contributed by atoms with Crippen molar-refractivity contribution in [3.05, 3.63) is 40.8 Å². The van der Waals surface area contributed by atoms with Gasteiger partial charge in [0, 0.05) is 30.1 Å². The summed E-state index contributed by atoms with van der Waals surface area (Å²) in [5.74, 6) is 0.870. The van der Waals surface area contributed by atoms with Crippen molar-refractivity contribution in [2.24, 2.45) is 0 Å². The lowest BCUT2D eigenvalue weighted by Crippen LogP contribution is -2.37. The number of carbonyl (C=O) groups is 1. The van der Waals surface area contributed by atoms with Gasteiger partial charge < -0.3 is 10.2 Å². The zero-order valence-electron chi connectivity index (χ0n) is 11.7. The molecule has 112 valence electrons. The third-order valence-corrected chi connectivity index (χ3v) is 4.46. The number of amides is 1. The maximum atomic E-state index is 12.1. The van der Waals surface area contributed by atoms with Gasteiger partial charge in [-0.3, -0.25) is 4.79 Å². The third kappa shape index (κ3) is 2.41. The van der Waals surface area contributed by atoms with Crippen molar-refractivity contribution in [1.82, 2.24) is 25.1 Å². The topological polar surface area (TPSA) is 75.4 Å². The van der Waals surface area contributed by atoms with E-state index in [9.17, 15) is 4.79 Å². The van der Waals surface area contributed by atoms with E-state index in [4.69, 9.17) is 0 Å². The highest BCUT2D eigenvalue weighted by Gasteiger charge is 2.25. The fourth-order valence-electron chi connectivity index (χ4n) is 2.64. The normalized spacial score (nSPS) is 18.0. The van der Waals surface area contributed by atoms with E-state index in [0.29, 0.717) is 0 Å². The zero-order chi connectivity index (χ0) is 14.9. The van der Waals surface area contributed by atoms with Crippen molar-refractivity contribution in [2.75, 3.05) is 18.0 Å². The lowest BCUT2D eigenvalue weighted by atomic mass is 10.2. The smallest absolute Gasteiger partial charge is 0.252 e. The predicted octanol–water partition coefficient (Wildman–Crippen LogP) is 1.19. The van der Waals surface area contributed by atoms with E-state index in [1.807, 2.05) is 29.0 Å². The third-order valence-electron chi connectivity index (χ3n) is 3.78. The lowest BCUT2D eigenvalue weighted by Gasteiger charge is -2.17. The molecular formula is C14H14N6OS. The molecule has 0 spiro atoms. The first-order chi connectivity index (χ1) is 10.8. The molecule has 4 rings (SSSR count). The number of hydrogen-bond acceptors (Lipinski definition) is 6. The number of thiophene rings is 1. The number of carbonyl (C=O) groups excluding carboxylic acids is 1. The number of nitrogens with zero attached hydrogens (tertiary/aromatic N) is 5. The van der Waals surface area contributed by atoms with Gasteiger partial charge in [-0.15, -0.1) is 15.3 Å². The van der Waals surface area contributed by atoms with Crippen LogP contribution in [0.4, 0.5) is 5.82 Å².